The van der Waals surface area contributed by atoms with Gasteiger partial charge in [0.25, 0.3) is 5.82 Å². The van der Waals surface area contributed by atoms with E-state index in [1.165, 1.54) is 13.1 Å². The Bertz CT molecular complexity index is 605. The Labute approximate surface area is 107 Å². The molecule has 0 fully saturated rings. The molecule has 0 aliphatic rings. The molecular weight excluding hydrogens is 256 g/mol. The highest BCUT2D eigenvalue weighted by molar-refractivity contribution is 5.85. The number of esters is 1. The predicted molar refractivity (Wildman–Crippen MR) is 62.3 cm³/mol. The second kappa shape index (κ2) is 5.13. The van der Waals surface area contributed by atoms with Crippen molar-refractivity contribution in [2.75, 3.05) is 6.61 Å². The maximum absolute atomic E-state index is 13.6. The zero-order chi connectivity index (χ0) is 14.0. The Morgan fingerprint density at radius 1 is 1.37 bits per heavy atom. The summed E-state index contributed by atoms with van der Waals surface area (Å²) in [6.07, 6.45) is 0. The van der Waals surface area contributed by atoms with Crippen molar-refractivity contribution in [3.05, 3.63) is 35.7 Å². The third-order valence-corrected chi connectivity index (χ3v) is 2.41. The number of ether oxygens (including phenoxy) is 1. The van der Waals surface area contributed by atoms with Gasteiger partial charge in [-0.05, 0) is 19.1 Å². The topological polar surface area (TPSA) is 57.0 Å². The van der Waals surface area contributed by atoms with Crippen molar-refractivity contribution in [1.82, 2.24) is 14.8 Å². The van der Waals surface area contributed by atoms with Crippen LogP contribution in [0.4, 0.5) is 8.78 Å². The summed E-state index contributed by atoms with van der Waals surface area (Å²) in [5.41, 5.74) is -0.326. The van der Waals surface area contributed by atoms with Gasteiger partial charge in [-0.1, -0.05) is 6.07 Å². The zero-order valence-corrected chi connectivity index (χ0v) is 10.4. The van der Waals surface area contributed by atoms with Gasteiger partial charge in [-0.25, -0.2) is 23.2 Å². The minimum Gasteiger partial charge on any atom is -0.460 e. The third-order valence-electron chi connectivity index (χ3n) is 2.41. The van der Waals surface area contributed by atoms with E-state index in [0.717, 1.165) is 16.8 Å². The van der Waals surface area contributed by atoms with E-state index in [2.05, 4.69) is 10.1 Å². The SMILES string of the molecule is CCOC(=O)c1nc(-c2c(F)cccc2F)n(C)n1. The number of aromatic nitrogens is 3. The first-order valence-corrected chi connectivity index (χ1v) is 5.57. The number of hydrogen-bond donors (Lipinski definition) is 0. The van der Waals surface area contributed by atoms with E-state index in [0.29, 0.717) is 0 Å². The zero-order valence-electron chi connectivity index (χ0n) is 10.4. The molecule has 1 aromatic heterocycles. The summed E-state index contributed by atoms with van der Waals surface area (Å²) >= 11 is 0. The summed E-state index contributed by atoms with van der Waals surface area (Å²) < 4.78 is 33.1. The Balaban J connectivity index is 2.49. The van der Waals surface area contributed by atoms with Crippen molar-refractivity contribution in [1.29, 1.82) is 0 Å². The highest BCUT2D eigenvalue weighted by Crippen LogP contribution is 2.23. The molecule has 0 saturated heterocycles. The van der Waals surface area contributed by atoms with E-state index in [1.807, 2.05) is 0 Å². The molecule has 0 amide bonds. The van der Waals surface area contributed by atoms with E-state index in [4.69, 9.17) is 4.74 Å². The summed E-state index contributed by atoms with van der Waals surface area (Å²) in [5, 5.41) is 3.79. The summed E-state index contributed by atoms with van der Waals surface area (Å²) in [7, 11) is 1.44. The van der Waals surface area contributed by atoms with Gasteiger partial charge in [0, 0.05) is 7.05 Å². The average Bonchev–Trinajstić information content (AvgIpc) is 2.72. The second-order valence-corrected chi connectivity index (χ2v) is 3.70. The first-order valence-electron chi connectivity index (χ1n) is 5.57. The number of rotatable bonds is 3. The number of carbonyl (C=O) groups is 1. The van der Waals surface area contributed by atoms with Crippen LogP contribution in [0.5, 0.6) is 0 Å². The Hall–Kier alpha value is -2.31. The van der Waals surface area contributed by atoms with Gasteiger partial charge in [-0.3, -0.25) is 0 Å². The van der Waals surface area contributed by atoms with Gasteiger partial charge < -0.3 is 4.74 Å². The minimum absolute atomic E-state index is 0.0707. The fourth-order valence-electron chi connectivity index (χ4n) is 1.60. The molecule has 0 radical (unpaired) electrons. The minimum atomic E-state index is -0.772. The maximum atomic E-state index is 13.6. The van der Waals surface area contributed by atoms with Crippen LogP contribution >= 0.6 is 0 Å². The number of benzene rings is 1. The molecule has 2 rings (SSSR count). The van der Waals surface area contributed by atoms with Crippen molar-refractivity contribution in [3.63, 3.8) is 0 Å². The lowest BCUT2D eigenvalue weighted by molar-refractivity contribution is 0.0512. The standard InChI is InChI=1S/C12H11F2N3O2/c1-3-19-12(18)10-15-11(17(2)16-10)9-7(13)5-4-6-8(9)14/h4-6H,3H2,1-2H3. The second-order valence-electron chi connectivity index (χ2n) is 3.70. The molecule has 0 aliphatic carbocycles. The normalized spacial score (nSPS) is 10.5. The summed E-state index contributed by atoms with van der Waals surface area (Å²) in [4.78, 5) is 15.3. The van der Waals surface area contributed by atoms with Crippen LogP contribution in [-0.2, 0) is 11.8 Å². The number of nitrogens with zero attached hydrogens (tertiary/aromatic N) is 3. The number of hydrogen-bond acceptors (Lipinski definition) is 4. The van der Waals surface area contributed by atoms with Gasteiger partial charge in [0.2, 0.25) is 0 Å². The van der Waals surface area contributed by atoms with E-state index in [9.17, 15) is 13.6 Å². The number of aryl methyl sites for hydroxylation is 1. The van der Waals surface area contributed by atoms with Crippen molar-refractivity contribution >= 4 is 5.97 Å². The molecule has 19 heavy (non-hydrogen) atoms. The van der Waals surface area contributed by atoms with Gasteiger partial charge in [0.05, 0.1) is 12.2 Å². The smallest absolute Gasteiger partial charge is 0.378 e. The fraction of sp³-hybridized carbons (Fsp3) is 0.250. The van der Waals surface area contributed by atoms with Crippen LogP contribution in [0, 0.1) is 11.6 Å². The summed E-state index contributed by atoms with van der Waals surface area (Å²) in [6.45, 7) is 1.80. The molecule has 0 saturated carbocycles. The molecule has 100 valence electrons. The quantitative estimate of drug-likeness (QED) is 0.797. The first-order chi connectivity index (χ1) is 9.04. The first kappa shape index (κ1) is 13.1. The Kier molecular flexibility index (Phi) is 3.55. The lowest BCUT2D eigenvalue weighted by Crippen LogP contribution is -2.07. The number of carbonyl (C=O) groups excluding carboxylic acids is 1. The molecule has 5 nitrogen and oxygen atoms in total. The highest BCUT2D eigenvalue weighted by Gasteiger charge is 2.21. The maximum Gasteiger partial charge on any atom is 0.378 e. The molecule has 1 aromatic carbocycles. The Morgan fingerprint density at radius 2 is 2.00 bits per heavy atom. The number of halogens is 2. The summed E-state index contributed by atoms with van der Waals surface area (Å²) in [5.74, 6) is -2.58. The van der Waals surface area contributed by atoms with E-state index in [-0.39, 0.29) is 23.8 Å². The molecule has 7 heteroatoms. The molecule has 0 N–H and O–H groups in total. The van der Waals surface area contributed by atoms with Crippen molar-refractivity contribution in [3.8, 4) is 11.4 Å². The van der Waals surface area contributed by atoms with Crippen LogP contribution < -0.4 is 0 Å². The predicted octanol–water partition coefficient (Wildman–Crippen LogP) is 1.94. The van der Waals surface area contributed by atoms with Crippen LogP contribution in [0.15, 0.2) is 18.2 Å². The van der Waals surface area contributed by atoms with Gasteiger partial charge in [0.1, 0.15) is 11.6 Å². The lowest BCUT2D eigenvalue weighted by atomic mass is 10.2. The molecule has 2 aromatic rings. The third kappa shape index (κ3) is 2.44. The van der Waals surface area contributed by atoms with Gasteiger partial charge in [0.15, 0.2) is 5.82 Å². The van der Waals surface area contributed by atoms with Gasteiger partial charge in [-0.2, -0.15) is 0 Å². The Morgan fingerprint density at radius 3 is 2.58 bits per heavy atom. The molecule has 0 bridgehead atoms. The van der Waals surface area contributed by atoms with Crippen LogP contribution in [-0.4, -0.2) is 27.3 Å². The van der Waals surface area contributed by atoms with Crippen molar-refractivity contribution < 1.29 is 18.3 Å². The van der Waals surface area contributed by atoms with Crippen LogP contribution in [0.1, 0.15) is 17.5 Å². The molecule has 0 atom stereocenters. The largest absolute Gasteiger partial charge is 0.460 e. The summed E-state index contributed by atoms with van der Waals surface area (Å²) in [6, 6.07) is 3.46. The molecular formula is C12H11F2N3O2. The van der Waals surface area contributed by atoms with Crippen LogP contribution in [0.25, 0.3) is 11.4 Å². The lowest BCUT2D eigenvalue weighted by Gasteiger charge is -2.02. The monoisotopic (exact) mass is 267 g/mol. The fourth-order valence-corrected chi connectivity index (χ4v) is 1.60. The van der Waals surface area contributed by atoms with Crippen LogP contribution in [0.3, 0.4) is 0 Å². The molecule has 1 heterocycles. The molecule has 0 unspecified atom stereocenters. The van der Waals surface area contributed by atoms with Crippen molar-refractivity contribution in [2.45, 2.75) is 6.92 Å². The van der Waals surface area contributed by atoms with E-state index >= 15 is 0 Å². The van der Waals surface area contributed by atoms with Gasteiger partial charge >= 0.3 is 5.97 Å². The van der Waals surface area contributed by atoms with E-state index in [1.54, 1.807) is 6.92 Å². The van der Waals surface area contributed by atoms with Crippen molar-refractivity contribution in [2.24, 2.45) is 7.05 Å². The molecule has 0 spiro atoms. The average molecular weight is 267 g/mol. The molecule has 0 aliphatic heterocycles. The highest BCUT2D eigenvalue weighted by atomic mass is 19.1. The van der Waals surface area contributed by atoms with Crippen LogP contribution in [0.2, 0.25) is 0 Å². The van der Waals surface area contributed by atoms with E-state index < -0.39 is 17.6 Å². The van der Waals surface area contributed by atoms with Gasteiger partial charge in [-0.15, -0.1) is 5.10 Å².